The number of aromatic hydroxyl groups is 1. The Hall–Kier alpha value is -2.59. The molecule has 4 heterocycles. The molecule has 0 amide bonds. The number of nitrogens with zero attached hydrogens (tertiary/aromatic N) is 4. The Bertz CT molecular complexity index is 1060. The first-order valence-corrected chi connectivity index (χ1v) is 10.7. The van der Waals surface area contributed by atoms with Gasteiger partial charge >= 0.3 is 0 Å². The van der Waals surface area contributed by atoms with E-state index >= 15 is 0 Å². The molecular weight excluding hydrogens is 412 g/mol. The van der Waals surface area contributed by atoms with E-state index in [9.17, 15) is 13.9 Å². The van der Waals surface area contributed by atoms with Crippen molar-refractivity contribution in [1.29, 1.82) is 0 Å². The van der Waals surface area contributed by atoms with Crippen molar-refractivity contribution in [2.75, 3.05) is 6.54 Å². The maximum absolute atomic E-state index is 14.8. The lowest BCUT2D eigenvalue weighted by Gasteiger charge is -2.28. The minimum absolute atomic E-state index is 0.0312. The number of piperidine rings is 1. The molecule has 6 rings (SSSR count). The first kappa shape index (κ1) is 19.4. The zero-order valence-corrected chi connectivity index (χ0v) is 17.0. The standard InChI is InChI=1S/C20H21F2N5O2S/c1-10-4-5-27(26-10)12-2-3-13(16(28)7-12)19-24-25-20(30-19)29-17-6-11-9-23-15(18(17)22)8-14(11)21/h2-5,7,11,14-15,17-18,23,28H,6,8-9H2,1H3. The number of fused-ring (bicyclic) bond motifs is 4. The minimum atomic E-state index is -1.31. The summed E-state index contributed by atoms with van der Waals surface area (Å²) in [6.45, 7) is 2.35. The van der Waals surface area contributed by atoms with Crippen LogP contribution >= 0.6 is 11.3 Å². The normalized spacial score (nSPS) is 28.4. The van der Waals surface area contributed by atoms with Gasteiger partial charge in [0, 0.05) is 30.8 Å². The van der Waals surface area contributed by atoms with Crippen LogP contribution in [0.1, 0.15) is 18.5 Å². The molecule has 7 nitrogen and oxygen atoms in total. The predicted molar refractivity (Wildman–Crippen MR) is 108 cm³/mol. The summed E-state index contributed by atoms with van der Waals surface area (Å²) in [7, 11) is 0. The lowest BCUT2D eigenvalue weighted by Crippen LogP contribution is -2.47. The zero-order chi connectivity index (χ0) is 20.8. The van der Waals surface area contributed by atoms with E-state index in [2.05, 4.69) is 20.6 Å². The molecule has 0 radical (unpaired) electrons. The molecule has 0 spiro atoms. The van der Waals surface area contributed by atoms with Gasteiger partial charge in [0.15, 0.2) is 11.2 Å². The molecule has 1 aliphatic carbocycles. The summed E-state index contributed by atoms with van der Waals surface area (Å²) in [5.74, 6) is -0.231. The molecule has 3 aliphatic rings. The van der Waals surface area contributed by atoms with Gasteiger partial charge in [-0.25, -0.2) is 13.5 Å². The van der Waals surface area contributed by atoms with Gasteiger partial charge in [-0.1, -0.05) is 16.4 Å². The van der Waals surface area contributed by atoms with Gasteiger partial charge in [0.2, 0.25) is 0 Å². The van der Waals surface area contributed by atoms with E-state index in [4.69, 9.17) is 4.74 Å². The summed E-state index contributed by atoms with van der Waals surface area (Å²) >= 11 is 1.12. The number of phenols is 1. The number of ether oxygens (including phenoxy) is 1. The van der Waals surface area contributed by atoms with Gasteiger partial charge < -0.3 is 15.2 Å². The van der Waals surface area contributed by atoms with Crippen LogP contribution in [0, 0.1) is 12.8 Å². The highest BCUT2D eigenvalue weighted by atomic mass is 32.1. The fraction of sp³-hybridized carbons (Fsp3) is 0.450. The van der Waals surface area contributed by atoms with Crippen LogP contribution in [0.5, 0.6) is 10.9 Å². The third-order valence-corrected chi connectivity index (χ3v) is 6.61. The average molecular weight is 433 g/mol. The molecule has 30 heavy (non-hydrogen) atoms. The second-order valence-corrected chi connectivity index (χ2v) is 8.78. The number of halogens is 2. The van der Waals surface area contributed by atoms with E-state index in [-0.39, 0.29) is 23.3 Å². The highest BCUT2D eigenvalue weighted by molar-refractivity contribution is 7.16. The fourth-order valence-corrected chi connectivity index (χ4v) is 4.90. The molecular formula is C20H21F2N5O2S. The summed E-state index contributed by atoms with van der Waals surface area (Å²) in [5, 5.41) is 26.6. The van der Waals surface area contributed by atoms with Gasteiger partial charge in [-0.05, 0) is 38.0 Å². The lowest BCUT2D eigenvalue weighted by molar-refractivity contribution is 0.0804. The Kier molecular flexibility index (Phi) is 4.90. The summed E-state index contributed by atoms with van der Waals surface area (Å²) in [5.41, 5.74) is 2.09. The minimum Gasteiger partial charge on any atom is -0.507 e. The largest absolute Gasteiger partial charge is 0.507 e. The van der Waals surface area contributed by atoms with Crippen molar-refractivity contribution in [2.24, 2.45) is 5.92 Å². The molecule has 5 unspecified atom stereocenters. The van der Waals surface area contributed by atoms with Crippen LogP contribution in [0.4, 0.5) is 8.78 Å². The van der Waals surface area contributed by atoms with Crippen LogP contribution in [0.25, 0.3) is 16.3 Å². The van der Waals surface area contributed by atoms with E-state index in [1.165, 1.54) is 0 Å². The van der Waals surface area contributed by atoms with E-state index < -0.39 is 24.5 Å². The number of rotatable bonds is 4. The highest BCUT2D eigenvalue weighted by Gasteiger charge is 2.45. The van der Waals surface area contributed by atoms with Gasteiger partial charge in [-0.15, -0.1) is 5.10 Å². The van der Waals surface area contributed by atoms with Crippen LogP contribution in [0.2, 0.25) is 0 Å². The van der Waals surface area contributed by atoms with Crippen molar-refractivity contribution < 1.29 is 18.6 Å². The fourth-order valence-electron chi connectivity index (χ4n) is 4.12. The number of aromatic nitrogens is 4. The Morgan fingerprint density at radius 2 is 2.10 bits per heavy atom. The van der Waals surface area contributed by atoms with Crippen molar-refractivity contribution in [1.82, 2.24) is 25.3 Å². The summed E-state index contributed by atoms with van der Waals surface area (Å²) in [4.78, 5) is 0. The zero-order valence-electron chi connectivity index (χ0n) is 16.2. The van der Waals surface area contributed by atoms with E-state index in [0.717, 1.165) is 17.0 Å². The van der Waals surface area contributed by atoms with Crippen molar-refractivity contribution in [3.05, 3.63) is 36.2 Å². The first-order chi connectivity index (χ1) is 14.5. The second kappa shape index (κ2) is 7.59. The molecule has 158 valence electrons. The molecule has 10 heteroatoms. The van der Waals surface area contributed by atoms with Gasteiger partial charge in [0.1, 0.15) is 18.0 Å². The van der Waals surface area contributed by atoms with Crippen molar-refractivity contribution in [2.45, 2.75) is 44.3 Å². The molecule has 2 bridgehead atoms. The summed E-state index contributed by atoms with van der Waals surface area (Å²) in [6.07, 6.45) is -0.816. The van der Waals surface area contributed by atoms with Crippen LogP contribution in [-0.4, -0.2) is 56.1 Å². The SMILES string of the molecule is Cc1ccn(-c2ccc(-c3nnc(OC4CC5CNC(CC5F)C4F)s3)c(O)c2)n1. The number of benzene rings is 1. The third-order valence-electron chi connectivity index (χ3n) is 5.76. The molecule has 3 aromatic rings. The van der Waals surface area contributed by atoms with E-state index in [1.54, 1.807) is 16.8 Å². The van der Waals surface area contributed by atoms with Crippen molar-refractivity contribution in [3.8, 4) is 27.2 Å². The molecule has 1 saturated carbocycles. The van der Waals surface area contributed by atoms with E-state index in [0.29, 0.717) is 29.2 Å². The van der Waals surface area contributed by atoms with Gasteiger partial charge in [-0.2, -0.15) is 5.10 Å². The second-order valence-electron chi connectivity index (χ2n) is 7.84. The Labute approximate surface area is 175 Å². The quantitative estimate of drug-likeness (QED) is 0.657. The number of hydrogen-bond donors (Lipinski definition) is 2. The van der Waals surface area contributed by atoms with Crippen LogP contribution in [0.15, 0.2) is 30.5 Å². The number of aryl methyl sites for hydroxylation is 1. The monoisotopic (exact) mass is 433 g/mol. The molecule has 2 N–H and O–H groups in total. The molecule has 2 aliphatic heterocycles. The maximum atomic E-state index is 14.8. The summed E-state index contributed by atoms with van der Waals surface area (Å²) in [6, 6.07) is 6.47. The number of nitrogens with one attached hydrogen (secondary N) is 1. The van der Waals surface area contributed by atoms with Gasteiger partial charge in [0.05, 0.1) is 16.9 Å². The number of phenolic OH excluding ortho intramolecular Hbond substituents is 1. The highest BCUT2D eigenvalue weighted by Crippen LogP contribution is 2.38. The van der Waals surface area contributed by atoms with Crippen LogP contribution in [-0.2, 0) is 0 Å². The maximum Gasteiger partial charge on any atom is 0.294 e. The summed E-state index contributed by atoms with van der Waals surface area (Å²) < 4.78 is 36.4. The third kappa shape index (κ3) is 3.54. The van der Waals surface area contributed by atoms with Crippen LogP contribution in [0.3, 0.4) is 0 Å². The predicted octanol–water partition coefficient (Wildman–Crippen LogP) is 3.21. The molecule has 5 atom stereocenters. The topological polar surface area (TPSA) is 85.1 Å². The number of hydrogen-bond acceptors (Lipinski definition) is 7. The van der Waals surface area contributed by atoms with Crippen molar-refractivity contribution >= 4 is 11.3 Å². The number of alkyl halides is 2. The van der Waals surface area contributed by atoms with Gasteiger partial charge in [-0.3, -0.25) is 0 Å². The van der Waals surface area contributed by atoms with E-state index in [1.807, 2.05) is 25.3 Å². The Morgan fingerprint density at radius 1 is 1.23 bits per heavy atom. The lowest BCUT2D eigenvalue weighted by atomic mass is 9.94. The molecule has 2 saturated heterocycles. The van der Waals surface area contributed by atoms with Crippen molar-refractivity contribution in [3.63, 3.8) is 0 Å². The average Bonchev–Trinajstić information content (AvgIpc) is 3.32. The molecule has 1 aromatic carbocycles. The van der Waals surface area contributed by atoms with Gasteiger partial charge in [0.25, 0.3) is 5.19 Å². The first-order valence-electron chi connectivity index (χ1n) is 9.85. The Morgan fingerprint density at radius 3 is 2.83 bits per heavy atom. The van der Waals surface area contributed by atoms with Crippen LogP contribution < -0.4 is 10.1 Å². The Balaban J connectivity index is 1.34. The molecule has 3 fully saturated rings. The molecule has 2 aromatic heterocycles. The smallest absolute Gasteiger partial charge is 0.294 e.